The van der Waals surface area contributed by atoms with E-state index in [1.807, 2.05) is 49.4 Å². The number of carbonyl (C=O) groups is 2. The Bertz CT molecular complexity index is 1340. The minimum atomic E-state index is -0.360. The maximum Gasteiger partial charge on any atom is 0.266 e. The number of pyridine rings is 1. The van der Waals surface area contributed by atoms with Gasteiger partial charge >= 0.3 is 0 Å². The molecule has 5 nitrogen and oxygen atoms in total. The van der Waals surface area contributed by atoms with Crippen LogP contribution in [0, 0.1) is 6.92 Å². The zero-order valence-corrected chi connectivity index (χ0v) is 16.8. The number of imide groups is 1. The summed E-state index contributed by atoms with van der Waals surface area (Å²) in [7, 11) is 0. The third-order valence-electron chi connectivity index (χ3n) is 5.21. The number of hydrogen-bond acceptors (Lipinski definition) is 4. The zero-order valence-electron chi connectivity index (χ0n) is 16.0. The smallest absolute Gasteiger partial charge is 0.266 e. The second-order valence-electron chi connectivity index (χ2n) is 7.14. The fourth-order valence-electron chi connectivity index (χ4n) is 3.78. The summed E-state index contributed by atoms with van der Waals surface area (Å²) in [5.41, 5.74) is 4.75. The monoisotopic (exact) mass is 413 g/mol. The molecule has 0 spiro atoms. The van der Waals surface area contributed by atoms with Crippen molar-refractivity contribution >= 4 is 51.4 Å². The molecule has 146 valence electrons. The molecule has 2 heterocycles. The summed E-state index contributed by atoms with van der Waals surface area (Å²) in [5, 5.41) is 4.85. The molecular weight excluding hydrogens is 398 g/mol. The van der Waals surface area contributed by atoms with Gasteiger partial charge in [-0.15, -0.1) is 0 Å². The first-order chi connectivity index (χ1) is 14.5. The van der Waals surface area contributed by atoms with Crippen LogP contribution < -0.4 is 10.2 Å². The first kappa shape index (κ1) is 18.3. The van der Waals surface area contributed by atoms with Crippen molar-refractivity contribution in [3.63, 3.8) is 0 Å². The molecule has 0 atom stereocenters. The van der Waals surface area contributed by atoms with Crippen LogP contribution in [0.15, 0.2) is 72.9 Å². The van der Waals surface area contributed by atoms with Crippen LogP contribution in [0.1, 0.15) is 26.3 Å². The van der Waals surface area contributed by atoms with Crippen LogP contribution in [0.25, 0.3) is 10.9 Å². The highest BCUT2D eigenvalue weighted by molar-refractivity contribution is 6.36. The summed E-state index contributed by atoms with van der Waals surface area (Å²) in [5.74, 6) is -0.697. The summed E-state index contributed by atoms with van der Waals surface area (Å²) < 4.78 is 0. The van der Waals surface area contributed by atoms with Crippen LogP contribution in [-0.4, -0.2) is 16.8 Å². The lowest BCUT2D eigenvalue weighted by atomic mass is 10.1. The quantitative estimate of drug-likeness (QED) is 0.435. The van der Waals surface area contributed by atoms with E-state index < -0.39 is 0 Å². The molecule has 4 aromatic rings. The van der Waals surface area contributed by atoms with Gasteiger partial charge in [-0.25, -0.2) is 4.90 Å². The number of anilines is 3. The highest BCUT2D eigenvalue weighted by Crippen LogP contribution is 2.34. The van der Waals surface area contributed by atoms with Crippen LogP contribution in [0.5, 0.6) is 0 Å². The molecule has 0 unspecified atom stereocenters. The van der Waals surface area contributed by atoms with E-state index in [1.165, 1.54) is 11.0 Å². The van der Waals surface area contributed by atoms with E-state index in [2.05, 4.69) is 10.3 Å². The Kier molecular flexibility index (Phi) is 4.26. The number of rotatable bonds is 3. The Labute approximate surface area is 177 Å². The van der Waals surface area contributed by atoms with Gasteiger partial charge in [-0.2, -0.15) is 0 Å². The molecule has 2 amide bonds. The lowest BCUT2D eigenvalue weighted by molar-refractivity contribution is 0.0926. The van der Waals surface area contributed by atoms with E-state index in [0.717, 1.165) is 27.8 Å². The summed E-state index contributed by atoms with van der Waals surface area (Å²) in [6, 6.07) is 20.1. The number of nitrogens with zero attached hydrogens (tertiary/aromatic N) is 2. The van der Waals surface area contributed by atoms with Crippen molar-refractivity contribution in [2.75, 3.05) is 10.2 Å². The largest absolute Gasteiger partial charge is 0.355 e. The number of aromatic nitrogens is 1. The van der Waals surface area contributed by atoms with Gasteiger partial charge in [0.25, 0.3) is 11.8 Å². The van der Waals surface area contributed by atoms with Crippen molar-refractivity contribution in [1.82, 2.24) is 4.98 Å². The standard InChI is InChI=1S/C24H16ClN3O2/c1-14-12-16(27-21-10-11-26-20-5-3-2-4-18(20)21)7-9-22(14)28-23(29)17-8-6-15(25)13-19(17)24(28)30/h2-13H,1H3,(H,26,27). The Morgan fingerprint density at radius 1 is 0.900 bits per heavy atom. The van der Waals surface area contributed by atoms with Gasteiger partial charge in [0, 0.05) is 28.0 Å². The number of benzene rings is 3. The summed E-state index contributed by atoms with van der Waals surface area (Å²) in [4.78, 5) is 31.3. The number of hydrogen-bond donors (Lipinski definition) is 1. The van der Waals surface area contributed by atoms with Crippen LogP contribution in [0.3, 0.4) is 0 Å². The maximum atomic E-state index is 12.9. The lowest BCUT2D eigenvalue weighted by Crippen LogP contribution is -2.30. The molecule has 0 fully saturated rings. The van der Waals surface area contributed by atoms with Crippen LogP contribution >= 0.6 is 11.6 Å². The summed E-state index contributed by atoms with van der Waals surface area (Å²) in [6.07, 6.45) is 1.76. The molecule has 30 heavy (non-hydrogen) atoms. The molecule has 3 aromatic carbocycles. The Morgan fingerprint density at radius 3 is 2.53 bits per heavy atom. The van der Waals surface area contributed by atoms with Crippen molar-refractivity contribution in [2.45, 2.75) is 6.92 Å². The van der Waals surface area contributed by atoms with E-state index in [9.17, 15) is 9.59 Å². The van der Waals surface area contributed by atoms with Gasteiger partial charge in [0.2, 0.25) is 0 Å². The zero-order chi connectivity index (χ0) is 20.8. The van der Waals surface area contributed by atoms with Gasteiger partial charge in [0.05, 0.1) is 22.3 Å². The predicted molar refractivity (Wildman–Crippen MR) is 119 cm³/mol. The molecule has 1 aliphatic heterocycles. The van der Waals surface area contributed by atoms with E-state index in [0.29, 0.717) is 21.8 Å². The van der Waals surface area contributed by atoms with Gasteiger partial charge in [-0.1, -0.05) is 29.8 Å². The first-order valence-corrected chi connectivity index (χ1v) is 9.80. The minimum absolute atomic E-state index is 0.331. The second kappa shape index (κ2) is 6.97. The van der Waals surface area contributed by atoms with Crippen molar-refractivity contribution in [3.8, 4) is 0 Å². The Hall–Kier alpha value is -3.70. The Balaban J connectivity index is 1.49. The molecule has 5 rings (SSSR count). The number of para-hydroxylation sites is 1. The molecule has 6 heteroatoms. The van der Waals surface area contributed by atoms with E-state index in [1.54, 1.807) is 24.4 Å². The van der Waals surface area contributed by atoms with Gasteiger partial charge in [0.15, 0.2) is 0 Å². The summed E-state index contributed by atoms with van der Waals surface area (Å²) in [6.45, 7) is 1.88. The van der Waals surface area contributed by atoms with E-state index in [4.69, 9.17) is 11.6 Å². The lowest BCUT2D eigenvalue weighted by Gasteiger charge is -2.18. The average Bonchev–Trinajstić information content (AvgIpc) is 2.98. The van der Waals surface area contributed by atoms with Gasteiger partial charge in [-0.3, -0.25) is 14.6 Å². The number of carbonyl (C=O) groups excluding carboxylic acids is 2. The molecule has 1 aromatic heterocycles. The number of halogens is 1. The van der Waals surface area contributed by atoms with Crippen molar-refractivity contribution in [1.29, 1.82) is 0 Å². The summed E-state index contributed by atoms with van der Waals surface area (Å²) >= 11 is 6.01. The van der Waals surface area contributed by atoms with Gasteiger partial charge in [-0.05, 0) is 61.0 Å². The molecule has 0 saturated heterocycles. The van der Waals surface area contributed by atoms with Gasteiger partial charge < -0.3 is 5.32 Å². The number of amides is 2. The van der Waals surface area contributed by atoms with Crippen molar-refractivity contribution in [2.24, 2.45) is 0 Å². The van der Waals surface area contributed by atoms with Crippen LogP contribution in [-0.2, 0) is 0 Å². The first-order valence-electron chi connectivity index (χ1n) is 9.43. The fourth-order valence-corrected chi connectivity index (χ4v) is 3.95. The second-order valence-corrected chi connectivity index (χ2v) is 7.57. The molecule has 0 radical (unpaired) electrons. The van der Waals surface area contributed by atoms with Crippen LogP contribution in [0.4, 0.5) is 17.1 Å². The minimum Gasteiger partial charge on any atom is -0.355 e. The molecule has 1 N–H and O–H groups in total. The predicted octanol–water partition coefficient (Wildman–Crippen LogP) is 5.74. The van der Waals surface area contributed by atoms with Crippen molar-refractivity contribution in [3.05, 3.63) is 94.6 Å². The highest BCUT2D eigenvalue weighted by atomic mass is 35.5. The molecule has 0 bridgehead atoms. The third kappa shape index (κ3) is 2.91. The molecule has 0 aliphatic carbocycles. The molecule has 0 saturated carbocycles. The van der Waals surface area contributed by atoms with E-state index >= 15 is 0 Å². The normalized spacial score (nSPS) is 13.1. The molecular formula is C24H16ClN3O2. The van der Waals surface area contributed by atoms with E-state index in [-0.39, 0.29) is 11.8 Å². The topological polar surface area (TPSA) is 62.3 Å². The number of aryl methyl sites for hydroxylation is 1. The Morgan fingerprint density at radius 2 is 1.70 bits per heavy atom. The highest BCUT2D eigenvalue weighted by Gasteiger charge is 2.37. The number of fused-ring (bicyclic) bond motifs is 2. The number of nitrogens with one attached hydrogen (secondary N) is 1. The fraction of sp³-hybridized carbons (Fsp3) is 0.0417. The average molecular weight is 414 g/mol. The third-order valence-corrected chi connectivity index (χ3v) is 5.45. The van der Waals surface area contributed by atoms with Gasteiger partial charge in [0.1, 0.15) is 0 Å². The molecule has 1 aliphatic rings. The van der Waals surface area contributed by atoms with Crippen LogP contribution in [0.2, 0.25) is 5.02 Å². The SMILES string of the molecule is Cc1cc(Nc2ccnc3ccccc23)ccc1N1C(=O)c2ccc(Cl)cc2C1=O. The maximum absolute atomic E-state index is 12.9. The van der Waals surface area contributed by atoms with Crippen molar-refractivity contribution < 1.29 is 9.59 Å².